The lowest BCUT2D eigenvalue weighted by Crippen LogP contribution is -1.96. The van der Waals surface area contributed by atoms with Gasteiger partial charge >= 0.3 is 0 Å². The van der Waals surface area contributed by atoms with Gasteiger partial charge in [-0.05, 0) is 54.6 Å². The van der Waals surface area contributed by atoms with Crippen LogP contribution in [0.3, 0.4) is 0 Å². The van der Waals surface area contributed by atoms with E-state index < -0.39 is 0 Å². The van der Waals surface area contributed by atoms with Crippen LogP contribution in [0, 0.1) is 0 Å². The molecule has 3 heterocycles. The van der Waals surface area contributed by atoms with Gasteiger partial charge in [-0.1, -0.05) is 78.9 Å². The number of fused-ring (bicyclic) bond motifs is 9. The third-order valence-corrected chi connectivity index (χ3v) is 8.10. The fourth-order valence-electron chi connectivity index (χ4n) is 6.49. The van der Waals surface area contributed by atoms with E-state index in [9.17, 15) is 0 Å². The minimum Gasteiger partial charge on any atom is -0.456 e. The highest BCUT2D eigenvalue weighted by Gasteiger charge is 2.20. The van der Waals surface area contributed by atoms with Crippen molar-refractivity contribution in [3.8, 4) is 11.4 Å². The van der Waals surface area contributed by atoms with Gasteiger partial charge in [0.05, 0.1) is 27.8 Å². The van der Waals surface area contributed by atoms with Crippen LogP contribution in [-0.4, -0.2) is 9.13 Å². The van der Waals surface area contributed by atoms with Crippen LogP contribution in [-0.2, 0) is 0 Å². The van der Waals surface area contributed by atoms with Gasteiger partial charge in [-0.15, -0.1) is 0 Å². The highest BCUT2D eigenvalue weighted by molar-refractivity contribution is 6.19. The molecule has 9 aromatic rings. The van der Waals surface area contributed by atoms with Gasteiger partial charge in [-0.3, -0.25) is 0 Å². The molecule has 182 valence electrons. The van der Waals surface area contributed by atoms with Crippen LogP contribution < -0.4 is 0 Å². The number of para-hydroxylation sites is 4. The molecular formula is C36H22N2O. The SMILES string of the molecule is c1ccc(-n2c3ccccc3c3c(-n4c5ccccc5c5cc6oc7ccccc7c6cc54)cccc32)cc1. The summed E-state index contributed by atoms with van der Waals surface area (Å²) in [5.74, 6) is 0. The van der Waals surface area contributed by atoms with Gasteiger partial charge in [0.15, 0.2) is 0 Å². The van der Waals surface area contributed by atoms with E-state index in [1.807, 2.05) is 12.1 Å². The summed E-state index contributed by atoms with van der Waals surface area (Å²) in [4.78, 5) is 0. The number of aromatic nitrogens is 2. The Morgan fingerprint density at radius 1 is 0.385 bits per heavy atom. The summed E-state index contributed by atoms with van der Waals surface area (Å²) in [5, 5.41) is 7.19. The normalized spacial score (nSPS) is 12.1. The highest BCUT2D eigenvalue weighted by Crippen LogP contribution is 2.41. The van der Waals surface area contributed by atoms with E-state index >= 15 is 0 Å². The summed E-state index contributed by atoms with van der Waals surface area (Å²) in [7, 11) is 0. The number of hydrogen-bond acceptors (Lipinski definition) is 1. The molecule has 0 saturated heterocycles. The molecular weight excluding hydrogens is 476 g/mol. The molecule has 3 aromatic heterocycles. The third kappa shape index (κ3) is 2.76. The molecule has 3 heteroatoms. The van der Waals surface area contributed by atoms with E-state index in [0.29, 0.717) is 0 Å². The number of hydrogen-bond donors (Lipinski definition) is 0. The molecule has 9 rings (SSSR count). The van der Waals surface area contributed by atoms with Crippen molar-refractivity contribution in [3.63, 3.8) is 0 Å². The fourth-order valence-corrected chi connectivity index (χ4v) is 6.49. The minimum atomic E-state index is 0.920. The molecule has 0 saturated carbocycles. The molecule has 0 aliphatic rings. The Morgan fingerprint density at radius 2 is 1.05 bits per heavy atom. The largest absolute Gasteiger partial charge is 0.456 e. The maximum Gasteiger partial charge on any atom is 0.136 e. The van der Waals surface area contributed by atoms with Crippen LogP contribution in [0.5, 0.6) is 0 Å². The zero-order valence-electron chi connectivity index (χ0n) is 21.0. The average Bonchev–Trinajstić information content (AvgIpc) is 3.64. The van der Waals surface area contributed by atoms with Crippen molar-refractivity contribution in [2.75, 3.05) is 0 Å². The first-order valence-electron chi connectivity index (χ1n) is 13.3. The molecule has 0 N–H and O–H groups in total. The van der Waals surface area contributed by atoms with Gasteiger partial charge < -0.3 is 13.6 Å². The second-order valence-corrected chi connectivity index (χ2v) is 10.2. The molecule has 6 aromatic carbocycles. The molecule has 0 fully saturated rings. The molecule has 0 atom stereocenters. The molecule has 0 aliphatic carbocycles. The molecule has 0 spiro atoms. The summed E-state index contributed by atoms with van der Waals surface area (Å²) in [6, 6.07) is 47.6. The van der Waals surface area contributed by atoms with Crippen molar-refractivity contribution in [1.29, 1.82) is 0 Å². The van der Waals surface area contributed by atoms with Crippen molar-refractivity contribution in [2.24, 2.45) is 0 Å². The van der Waals surface area contributed by atoms with Gasteiger partial charge in [-0.2, -0.15) is 0 Å². The van der Waals surface area contributed by atoms with E-state index in [0.717, 1.165) is 27.6 Å². The summed E-state index contributed by atoms with van der Waals surface area (Å²) in [6.45, 7) is 0. The third-order valence-electron chi connectivity index (χ3n) is 8.10. The predicted molar refractivity (Wildman–Crippen MR) is 162 cm³/mol. The molecule has 0 amide bonds. The number of nitrogens with zero attached hydrogens (tertiary/aromatic N) is 2. The molecule has 0 unspecified atom stereocenters. The van der Waals surface area contributed by atoms with Gasteiger partial charge in [0.2, 0.25) is 0 Å². The van der Waals surface area contributed by atoms with E-state index in [4.69, 9.17) is 4.42 Å². The molecule has 0 aliphatic heterocycles. The second kappa shape index (κ2) is 7.62. The molecule has 39 heavy (non-hydrogen) atoms. The number of benzene rings is 6. The lowest BCUT2D eigenvalue weighted by atomic mass is 10.1. The van der Waals surface area contributed by atoms with Crippen LogP contribution in [0.25, 0.3) is 76.9 Å². The van der Waals surface area contributed by atoms with Gasteiger partial charge in [0, 0.05) is 38.0 Å². The van der Waals surface area contributed by atoms with Gasteiger partial charge in [0.25, 0.3) is 0 Å². The maximum atomic E-state index is 6.29. The predicted octanol–water partition coefficient (Wildman–Crippen LogP) is 9.78. The van der Waals surface area contributed by atoms with E-state index in [-0.39, 0.29) is 0 Å². The van der Waals surface area contributed by atoms with Crippen LogP contribution >= 0.6 is 0 Å². The Labute approximate surface area is 223 Å². The average molecular weight is 499 g/mol. The Hall–Kier alpha value is -5.28. The first kappa shape index (κ1) is 20.7. The summed E-state index contributed by atoms with van der Waals surface area (Å²) >= 11 is 0. The minimum absolute atomic E-state index is 0.920. The second-order valence-electron chi connectivity index (χ2n) is 10.2. The van der Waals surface area contributed by atoms with Crippen molar-refractivity contribution in [1.82, 2.24) is 9.13 Å². The Bertz CT molecular complexity index is 2390. The van der Waals surface area contributed by atoms with Gasteiger partial charge in [0.1, 0.15) is 11.2 Å². The zero-order valence-corrected chi connectivity index (χ0v) is 21.0. The lowest BCUT2D eigenvalue weighted by Gasteiger charge is -2.11. The summed E-state index contributed by atoms with van der Waals surface area (Å²) in [6.07, 6.45) is 0. The van der Waals surface area contributed by atoms with Crippen molar-refractivity contribution < 1.29 is 4.42 Å². The number of furan rings is 1. The molecule has 3 nitrogen and oxygen atoms in total. The van der Waals surface area contributed by atoms with Crippen LogP contribution in [0.4, 0.5) is 0 Å². The first-order valence-corrected chi connectivity index (χ1v) is 13.3. The van der Waals surface area contributed by atoms with Crippen molar-refractivity contribution in [2.45, 2.75) is 0 Å². The standard InChI is InChI=1S/C36H22N2O/c1-2-11-23(12-3-1)37-30-17-8-5-15-26(30)36-31(37)18-10-19-32(36)38-29-16-7-4-13-24(29)27-22-35-28(21-33(27)38)25-14-6-9-20-34(25)39-35/h1-22H. The summed E-state index contributed by atoms with van der Waals surface area (Å²) in [5.41, 5.74) is 8.95. The fraction of sp³-hybridized carbons (Fsp3) is 0. The van der Waals surface area contributed by atoms with Gasteiger partial charge in [-0.25, -0.2) is 0 Å². The number of rotatable bonds is 2. The summed E-state index contributed by atoms with van der Waals surface area (Å²) < 4.78 is 11.1. The van der Waals surface area contributed by atoms with Crippen molar-refractivity contribution in [3.05, 3.63) is 133 Å². The molecule has 0 radical (unpaired) electrons. The first-order chi connectivity index (χ1) is 19.4. The maximum absolute atomic E-state index is 6.29. The van der Waals surface area contributed by atoms with Crippen molar-refractivity contribution >= 4 is 65.6 Å². The van der Waals surface area contributed by atoms with E-state index in [1.54, 1.807) is 0 Å². The van der Waals surface area contributed by atoms with Crippen LogP contribution in [0.2, 0.25) is 0 Å². The quantitative estimate of drug-likeness (QED) is 0.233. The monoisotopic (exact) mass is 498 g/mol. The topological polar surface area (TPSA) is 23.0 Å². The zero-order chi connectivity index (χ0) is 25.5. The Morgan fingerprint density at radius 3 is 1.90 bits per heavy atom. The van der Waals surface area contributed by atoms with Crippen LogP contribution in [0.1, 0.15) is 0 Å². The lowest BCUT2D eigenvalue weighted by molar-refractivity contribution is 0.669. The molecule has 0 bridgehead atoms. The van der Waals surface area contributed by atoms with E-state index in [2.05, 4.69) is 130 Å². The highest BCUT2D eigenvalue weighted by atomic mass is 16.3. The van der Waals surface area contributed by atoms with Crippen LogP contribution in [0.15, 0.2) is 138 Å². The van der Waals surface area contributed by atoms with E-state index in [1.165, 1.54) is 49.3 Å². The Kier molecular flexibility index (Phi) is 4.05. The Balaban J connectivity index is 1.48. The smallest absolute Gasteiger partial charge is 0.136 e.